The van der Waals surface area contributed by atoms with Crippen molar-refractivity contribution in [1.29, 1.82) is 0 Å². The Hall–Kier alpha value is -3.54. The average molecular weight is 510 g/mol. The number of amides is 2. The molecule has 4 N–H and O–H groups in total. The quantitative estimate of drug-likeness (QED) is 0.308. The molecule has 1 aromatic carbocycles. The van der Waals surface area contributed by atoms with E-state index < -0.39 is 0 Å². The number of nitrogens with zero attached hydrogens (tertiary/aromatic N) is 3. The van der Waals surface area contributed by atoms with Gasteiger partial charge in [-0.3, -0.25) is 9.59 Å². The lowest BCUT2D eigenvalue weighted by atomic mass is 10.1. The third-order valence-electron chi connectivity index (χ3n) is 5.91. The summed E-state index contributed by atoms with van der Waals surface area (Å²) in [4.78, 5) is 38.9. The first-order chi connectivity index (χ1) is 17.0. The first-order valence-corrected chi connectivity index (χ1v) is 12.2. The van der Waals surface area contributed by atoms with Crippen LogP contribution in [0.3, 0.4) is 0 Å². The second-order valence-corrected chi connectivity index (χ2v) is 9.89. The molecule has 1 atom stereocenters. The minimum Gasteiger partial charge on any atom is -0.381 e. The predicted molar refractivity (Wildman–Crippen MR) is 135 cm³/mol. The van der Waals surface area contributed by atoms with Crippen molar-refractivity contribution in [3.05, 3.63) is 46.2 Å². The van der Waals surface area contributed by atoms with Crippen molar-refractivity contribution in [3.63, 3.8) is 0 Å². The molecule has 0 radical (unpaired) electrons. The zero-order chi connectivity index (χ0) is 24.1. The van der Waals surface area contributed by atoms with Crippen molar-refractivity contribution in [3.8, 4) is 0 Å². The number of ether oxygens (including phenoxy) is 1. The molecular weight excluding hydrogens is 490 g/mol. The number of fused-ring (bicyclic) bond motifs is 5. The van der Waals surface area contributed by atoms with Crippen LogP contribution < -0.4 is 21.3 Å². The van der Waals surface area contributed by atoms with E-state index in [0.717, 1.165) is 26.7 Å². The van der Waals surface area contributed by atoms with E-state index in [1.807, 2.05) is 31.2 Å². The van der Waals surface area contributed by atoms with Gasteiger partial charge in [0.2, 0.25) is 5.28 Å². The number of hydrogen-bond donors (Lipinski definition) is 4. The maximum absolute atomic E-state index is 12.7. The van der Waals surface area contributed by atoms with Gasteiger partial charge in [-0.15, -0.1) is 11.3 Å². The molecule has 0 saturated carbocycles. The number of rotatable bonds is 4. The second kappa shape index (κ2) is 8.59. The Morgan fingerprint density at radius 2 is 2.09 bits per heavy atom. The fourth-order valence-electron chi connectivity index (χ4n) is 4.12. The van der Waals surface area contributed by atoms with Crippen LogP contribution in [0.15, 0.2) is 30.5 Å². The first-order valence-electron chi connectivity index (χ1n) is 11.1. The van der Waals surface area contributed by atoms with Crippen molar-refractivity contribution in [2.24, 2.45) is 0 Å². The van der Waals surface area contributed by atoms with Crippen molar-refractivity contribution in [2.45, 2.75) is 19.0 Å². The Kier molecular flexibility index (Phi) is 5.39. The predicted octanol–water partition coefficient (Wildman–Crippen LogP) is 3.31. The fraction of sp³-hybridized carbons (Fsp3) is 0.261. The molecule has 35 heavy (non-hydrogen) atoms. The Morgan fingerprint density at radius 3 is 2.89 bits per heavy atom. The highest BCUT2D eigenvalue weighted by molar-refractivity contribution is 7.21. The van der Waals surface area contributed by atoms with E-state index >= 15 is 0 Å². The van der Waals surface area contributed by atoms with Gasteiger partial charge in [0.1, 0.15) is 22.1 Å². The molecule has 12 heteroatoms. The van der Waals surface area contributed by atoms with Gasteiger partial charge in [0.05, 0.1) is 30.5 Å². The number of aromatic nitrogens is 3. The van der Waals surface area contributed by atoms with Crippen LogP contribution in [0, 0.1) is 0 Å². The average Bonchev–Trinajstić information content (AvgIpc) is 3.12. The van der Waals surface area contributed by atoms with Gasteiger partial charge in [0, 0.05) is 34.3 Å². The summed E-state index contributed by atoms with van der Waals surface area (Å²) in [5.41, 5.74) is 1.83. The van der Waals surface area contributed by atoms with E-state index in [9.17, 15) is 9.59 Å². The van der Waals surface area contributed by atoms with Crippen LogP contribution in [0.5, 0.6) is 0 Å². The van der Waals surface area contributed by atoms with Crippen LogP contribution in [-0.4, -0.2) is 58.6 Å². The second-order valence-electron chi connectivity index (χ2n) is 8.50. The molecule has 178 valence electrons. The lowest BCUT2D eigenvalue weighted by Gasteiger charge is -2.27. The lowest BCUT2D eigenvalue weighted by Crippen LogP contribution is -2.48. The van der Waals surface area contributed by atoms with E-state index in [2.05, 4.69) is 31.2 Å². The summed E-state index contributed by atoms with van der Waals surface area (Å²) >= 11 is 7.47. The number of anilines is 3. The summed E-state index contributed by atoms with van der Waals surface area (Å²) < 4.78 is 6.12. The smallest absolute Gasteiger partial charge is 0.263 e. The third-order valence-corrected chi connectivity index (χ3v) is 7.25. The summed E-state index contributed by atoms with van der Waals surface area (Å²) in [6.45, 7) is 3.56. The summed E-state index contributed by atoms with van der Waals surface area (Å²) in [5.74, 6) is 0.359. The van der Waals surface area contributed by atoms with Crippen molar-refractivity contribution < 1.29 is 14.3 Å². The van der Waals surface area contributed by atoms with E-state index in [1.165, 1.54) is 17.5 Å². The highest BCUT2D eigenvalue weighted by Gasteiger charge is 2.26. The molecule has 0 bridgehead atoms. The molecule has 1 saturated heterocycles. The molecule has 10 nitrogen and oxygen atoms in total. The Morgan fingerprint density at radius 1 is 1.23 bits per heavy atom. The summed E-state index contributed by atoms with van der Waals surface area (Å²) in [7, 11) is 0. The molecule has 3 aromatic heterocycles. The highest BCUT2D eigenvalue weighted by Crippen LogP contribution is 2.41. The Balaban J connectivity index is 1.37. The van der Waals surface area contributed by atoms with E-state index in [4.69, 9.17) is 21.3 Å². The van der Waals surface area contributed by atoms with Crippen LogP contribution >= 0.6 is 22.9 Å². The Bertz CT molecular complexity index is 1500. The first kappa shape index (κ1) is 22.0. The lowest BCUT2D eigenvalue weighted by molar-refractivity contribution is -0.00346. The molecule has 6 rings (SSSR count). The maximum atomic E-state index is 12.7. The normalized spacial score (nSPS) is 17.8. The number of nitrogens with one attached hydrogen (secondary N) is 4. The van der Waals surface area contributed by atoms with Gasteiger partial charge in [0.15, 0.2) is 0 Å². The van der Waals surface area contributed by atoms with E-state index in [-0.39, 0.29) is 40.6 Å². The molecule has 1 fully saturated rings. The summed E-state index contributed by atoms with van der Waals surface area (Å²) in [6.07, 6.45) is 1.38. The summed E-state index contributed by atoms with van der Waals surface area (Å²) in [6, 6.07) is 7.63. The van der Waals surface area contributed by atoms with Gasteiger partial charge in [-0.25, -0.2) is 9.97 Å². The Labute approximate surface area is 208 Å². The number of benzene rings is 1. The molecule has 5 heterocycles. The number of thiophene rings is 1. The summed E-state index contributed by atoms with van der Waals surface area (Å²) in [5, 5.41) is 14.3. The van der Waals surface area contributed by atoms with Crippen LogP contribution in [0.4, 0.5) is 17.3 Å². The van der Waals surface area contributed by atoms with Gasteiger partial charge >= 0.3 is 0 Å². The number of hydrogen-bond acceptors (Lipinski definition) is 9. The van der Waals surface area contributed by atoms with E-state index in [1.54, 1.807) is 0 Å². The third kappa shape index (κ3) is 4.01. The zero-order valence-electron chi connectivity index (χ0n) is 18.5. The van der Waals surface area contributed by atoms with Crippen LogP contribution in [0.2, 0.25) is 5.28 Å². The highest BCUT2D eigenvalue weighted by atomic mass is 35.5. The molecule has 2 aliphatic heterocycles. The van der Waals surface area contributed by atoms with Crippen LogP contribution in [0.1, 0.15) is 27.0 Å². The van der Waals surface area contributed by atoms with Crippen molar-refractivity contribution >= 4 is 73.1 Å². The largest absolute Gasteiger partial charge is 0.381 e. The van der Waals surface area contributed by atoms with Gasteiger partial charge in [-0.05, 0) is 42.8 Å². The molecule has 0 unspecified atom stereocenters. The van der Waals surface area contributed by atoms with E-state index in [0.29, 0.717) is 30.5 Å². The minimum atomic E-state index is -0.320. The van der Waals surface area contributed by atoms with Gasteiger partial charge < -0.3 is 26.0 Å². The minimum absolute atomic E-state index is 0.0121. The monoisotopic (exact) mass is 509 g/mol. The van der Waals surface area contributed by atoms with Gasteiger partial charge in [0.25, 0.3) is 11.8 Å². The van der Waals surface area contributed by atoms with Crippen LogP contribution in [0.25, 0.3) is 21.0 Å². The topological polar surface area (TPSA) is 130 Å². The number of carbonyl (C=O) groups excluding carboxylic acids is 2. The zero-order valence-corrected chi connectivity index (χ0v) is 20.1. The number of pyridine rings is 1. The fourth-order valence-corrected chi connectivity index (χ4v) is 5.35. The van der Waals surface area contributed by atoms with Gasteiger partial charge in [-0.1, -0.05) is 0 Å². The van der Waals surface area contributed by atoms with Crippen molar-refractivity contribution in [2.75, 3.05) is 30.4 Å². The molecular formula is C23H20ClN7O3S. The van der Waals surface area contributed by atoms with Crippen molar-refractivity contribution in [1.82, 2.24) is 25.6 Å². The molecule has 4 aromatic rings. The number of carbonyl (C=O) groups is 2. The molecule has 2 amide bonds. The standard InChI is InChI=1S/C23H20ClN7O3S/c1-10-6-25-18-17-12-2-5-16(29-14(12)3-4-15(17)35-19(18)22(33)27-10)30-20-13(7-26-23(24)31-20)21(32)28-11-8-34-9-11/h2-5,7,10-11,25H,6,8-9H2,1H3,(H,27,33)(H,28,32)(H,26,29,30,31)/t10-/m1/s1. The van der Waals surface area contributed by atoms with Crippen LogP contribution in [-0.2, 0) is 4.74 Å². The maximum Gasteiger partial charge on any atom is 0.263 e. The molecule has 0 spiro atoms. The molecule has 2 aliphatic rings. The molecule has 0 aliphatic carbocycles. The van der Waals surface area contributed by atoms with Gasteiger partial charge in [-0.2, -0.15) is 4.98 Å². The number of halogens is 1. The SMILES string of the molecule is C[C@@H]1CNc2c(sc3ccc4nc(Nc5nc(Cl)ncc5C(=O)NC5COC5)ccc4c23)C(=O)N1.